The monoisotopic (exact) mass is 365 g/mol. The summed E-state index contributed by atoms with van der Waals surface area (Å²) in [4.78, 5) is 14.8. The second-order valence-corrected chi connectivity index (χ2v) is 6.55. The molecule has 0 fully saturated rings. The zero-order chi connectivity index (χ0) is 18.4. The maximum atomic E-state index is 12.8. The van der Waals surface area contributed by atoms with Gasteiger partial charge in [-0.05, 0) is 36.4 Å². The molecule has 0 saturated heterocycles. The van der Waals surface area contributed by atoms with Crippen molar-refractivity contribution < 1.29 is 14.3 Å². The largest absolute Gasteiger partial charge is 0.497 e. The zero-order valence-electron chi connectivity index (χ0n) is 14.6. The molecule has 4 nitrogen and oxygen atoms in total. The van der Waals surface area contributed by atoms with E-state index in [1.807, 2.05) is 54.6 Å². The maximum absolute atomic E-state index is 12.8. The van der Waals surface area contributed by atoms with Gasteiger partial charge in [-0.1, -0.05) is 42.1 Å². The number of rotatable bonds is 6. The number of para-hydroxylation sites is 1. The summed E-state index contributed by atoms with van der Waals surface area (Å²) in [6, 6.07) is 22.9. The van der Waals surface area contributed by atoms with E-state index < -0.39 is 0 Å². The first-order valence-electron chi connectivity index (χ1n) is 8.06. The predicted molar refractivity (Wildman–Crippen MR) is 105 cm³/mol. The van der Waals surface area contributed by atoms with Gasteiger partial charge in [0.05, 0.1) is 25.5 Å². The third-order valence-electron chi connectivity index (χ3n) is 3.76. The number of ether oxygens (including phenoxy) is 2. The highest BCUT2D eigenvalue weighted by molar-refractivity contribution is 7.99. The van der Waals surface area contributed by atoms with Crippen LogP contribution in [-0.2, 0) is 0 Å². The standard InChI is InChI=1S/C21H19NO3S/c1-24-15-12-13-17(19(14-15)25-2)21(23)22-18-10-6-7-11-20(18)26-16-8-4-3-5-9-16/h3-14H,1-2H3,(H,22,23). The summed E-state index contributed by atoms with van der Waals surface area (Å²) in [5.41, 5.74) is 1.21. The fourth-order valence-corrected chi connectivity index (χ4v) is 3.37. The lowest BCUT2D eigenvalue weighted by Gasteiger charge is -2.13. The van der Waals surface area contributed by atoms with Crippen LogP contribution in [0.15, 0.2) is 82.6 Å². The molecule has 0 unspecified atom stereocenters. The first-order chi connectivity index (χ1) is 12.7. The van der Waals surface area contributed by atoms with Crippen molar-refractivity contribution in [1.82, 2.24) is 0 Å². The van der Waals surface area contributed by atoms with Crippen molar-refractivity contribution >= 4 is 23.4 Å². The summed E-state index contributed by atoms with van der Waals surface area (Å²) in [6.07, 6.45) is 0. The number of carbonyl (C=O) groups is 1. The van der Waals surface area contributed by atoms with Crippen molar-refractivity contribution in [3.8, 4) is 11.5 Å². The molecular weight excluding hydrogens is 346 g/mol. The summed E-state index contributed by atoms with van der Waals surface area (Å²) in [5, 5.41) is 2.98. The van der Waals surface area contributed by atoms with Crippen LogP contribution >= 0.6 is 11.8 Å². The van der Waals surface area contributed by atoms with Crippen molar-refractivity contribution in [3.05, 3.63) is 78.4 Å². The normalized spacial score (nSPS) is 10.2. The Hall–Kier alpha value is -2.92. The molecule has 1 amide bonds. The van der Waals surface area contributed by atoms with Crippen molar-refractivity contribution in [2.75, 3.05) is 19.5 Å². The Morgan fingerprint density at radius 2 is 1.62 bits per heavy atom. The Balaban J connectivity index is 1.84. The molecule has 0 atom stereocenters. The van der Waals surface area contributed by atoms with Crippen LogP contribution in [0.1, 0.15) is 10.4 Å². The highest BCUT2D eigenvalue weighted by Crippen LogP contribution is 2.34. The molecule has 1 N–H and O–H groups in total. The molecule has 3 aromatic carbocycles. The van der Waals surface area contributed by atoms with Gasteiger partial charge in [0.25, 0.3) is 5.91 Å². The molecule has 0 bridgehead atoms. The van der Waals surface area contributed by atoms with E-state index >= 15 is 0 Å². The van der Waals surface area contributed by atoms with E-state index in [4.69, 9.17) is 9.47 Å². The Morgan fingerprint density at radius 1 is 0.885 bits per heavy atom. The highest BCUT2D eigenvalue weighted by atomic mass is 32.2. The Kier molecular flexibility index (Phi) is 5.81. The van der Waals surface area contributed by atoms with Crippen LogP contribution in [0.25, 0.3) is 0 Å². The predicted octanol–water partition coefficient (Wildman–Crippen LogP) is 5.11. The van der Waals surface area contributed by atoms with Crippen LogP contribution < -0.4 is 14.8 Å². The molecule has 5 heteroatoms. The number of amides is 1. The summed E-state index contributed by atoms with van der Waals surface area (Å²) in [7, 11) is 3.11. The van der Waals surface area contributed by atoms with Crippen molar-refractivity contribution in [2.24, 2.45) is 0 Å². The molecule has 132 valence electrons. The van der Waals surface area contributed by atoms with Gasteiger partial charge < -0.3 is 14.8 Å². The van der Waals surface area contributed by atoms with Gasteiger partial charge in [-0.15, -0.1) is 0 Å². The SMILES string of the molecule is COc1ccc(C(=O)Nc2ccccc2Sc2ccccc2)c(OC)c1. The summed E-state index contributed by atoms with van der Waals surface area (Å²) in [5.74, 6) is 0.874. The minimum absolute atomic E-state index is 0.231. The second kappa shape index (κ2) is 8.45. The summed E-state index contributed by atoms with van der Waals surface area (Å²) < 4.78 is 10.5. The van der Waals surface area contributed by atoms with Gasteiger partial charge in [-0.25, -0.2) is 0 Å². The van der Waals surface area contributed by atoms with Crippen LogP contribution in [0.4, 0.5) is 5.69 Å². The van der Waals surface area contributed by atoms with Gasteiger partial charge in [-0.3, -0.25) is 4.79 Å². The van der Waals surface area contributed by atoms with Gasteiger partial charge >= 0.3 is 0 Å². The smallest absolute Gasteiger partial charge is 0.259 e. The van der Waals surface area contributed by atoms with Crippen molar-refractivity contribution in [2.45, 2.75) is 9.79 Å². The first-order valence-corrected chi connectivity index (χ1v) is 8.88. The zero-order valence-corrected chi connectivity index (χ0v) is 15.4. The average molecular weight is 365 g/mol. The van der Waals surface area contributed by atoms with Crippen LogP contribution in [0, 0.1) is 0 Å². The second-order valence-electron chi connectivity index (χ2n) is 5.43. The highest BCUT2D eigenvalue weighted by Gasteiger charge is 2.15. The number of methoxy groups -OCH3 is 2. The van der Waals surface area contributed by atoms with E-state index in [9.17, 15) is 4.79 Å². The third-order valence-corrected chi connectivity index (χ3v) is 4.84. The van der Waals surface area contributed by atoms with E-state index in [0.29, 0.717) is 17.1 Å². The molecular formula is C21H19NO3S. The molecule has 26 heavy (non-hydrogen) atoms. The van der Waals surface area contributed by atoms with E-state index in [0.717, 1.165) is 15.5 Å². The first kappa shape index (κ1) is 17.9. The van der Waals surface area contributed by atoms with Crippen LogP contribution in [0.3, 0.4) is 0 Å². The molecule has 3 aromatic rings. The van der Waals surface area contributed by atoms with Gasteiger partial charge in [-0.2, -0.15) is 0 Å². The molecule has 0 radical (unpaired) electrons. The maximum Gasteiger partial charge on any atom is 0.259 e. The number of carbonyl (C=O) groups excluding carboxylic acids is 1. The summed E-state index contributed by atoms with van der Waals surface area (Å²) >= 11 is 1.60. The number of benzene rings is 3. The van der Waals surface area contributed by atoms with Gasteiger partial charge in [0.15, 0.2) is 0 Å². The van der Waals surface area contributed by atoms with Crippen molar-refractivity contribution in [1.29, 1.82) is 0 Å². The lowest BCUT2D eigenvalue weighted by atomic mass is 10.1. The molecule has 0 aliphatic heterocycles. The van der Waals surface area contributed by atoms with Crippen molar-refractivity contribution in [3.63, 3.8) is 0 Å². The Labute approximate surface area is 157 Å². The fourth-order valence-electron chi connectivity index (χ4n) is 2.45. The lowest BCUT2D eigenvalue weighted by Crippen LogP contribution is -2.13. The van der Waals surface area contributed by atoms with Gasteiger partial charge in [0.2, 0.25) is 0 Å². The molecule has 0 heterocycles. The molecule has 0 spiro atoms. The Bertz CT molecular complexity index is 897. The van der Waals surface area contributed by atoms with Crippen LogP contribution in [0.5, 0.6) is 11.5 Å². The molecule has 3 rings (SSSR count). The van der Waals surface area contributed by atoms with Gasteiger partial charge in [0.1, 0.15) is 11.5 Å². The molecule has 0 aliphatic carbocycles. The number of hydrogen-bond donors (Lipinski definition) is 1. The quantitative estimate of drug-likeness (QED) is 0.660. The van der Waals surface area contributed by atoms with E-state index in [-0.39, 0.29) is 5.91 Å². The lowest BCUT2D eigenvalue weighted by molar-refractivity contribution is 0.102. The van der Waals surface area contributed by atoms with Gasteiger partial charge in [0, 0.05) is 15.9 Å². The van der Waals surface area contributed by atoms with E-state index in [2.05, 4.69) is 5.32 Å². The molecule has 0 aromatic heterocycles. The minimum atomic E-state index is -0.231. The molecule has 0 saturated carbocycles. The average Bonchev–Trinajstić information content (AvgIpc) is 2.69. The topological polar surface area (TPSA) is 47.6 Å². The number of nitrogens with one attached hydrogen (secondary N) is 1. The van der Waals surface area contributed by atoms with E-state index in [1.54, 1.807) is 37.1 Å². The van der Waals surface area contributed by atoms with Crippen LogP contribution in [0.2, 0.25) is 0 Å². The fraction of sp³-hybridized carbons (Fsp3) is 0.0952. The number of anilines is 1. The summed E-state index contributed by atoms with van der Waals surface area (Å²) in [6.45, 7) is 0. The minimum Gasteiger partial charge on any atom is -0.497 e. The number of hydrogen-bond acceptors (Lipinski definition) is 4. The Morgan fingerprint density at radius 3 is 2.35 bits per heavy atom. The van der Waals surface area contributed by atoms with E-state index in [1.165, 1.54) is 7.11 Å². The molecule has 0 aliphatic rings. The third kappa shape index (κ3) is 4.18. The van der Waals surface area contributed by atoms with Crippen LogP contribution in [-0.4, -0.2) is 20.1 Å².